The van der Waals surface area contributed by atoms with E-state index in [1.54, 1.807) is 12.1 Å². The monoisotopic (exact) mass is 549 g/mol. The SMILES string of the molecule is CS(=O)(=O)N(Cc1cccc(Cl)c1Cl)c1ccc(C(=O)NCc2ccc(C(F)(F)F)nc2)cc1F. The molecule has 186 valence electrons. The van der Waals surface area contributed by atoms with Crippen molar-refractivity contribution in [3.05, 3.63) is 93.0 Å². The first-order valence-corrected chi connectivity index (χ1v) is 12.4. The van der Waals surface area contributed by atoms with E-state index in [-0.39, 0.29) is 34.4 Å². The molecule has 3 aromatic rings. The molecule has 0 saturated heterocycles. The zero-order chi connectivity index (χ0) is 26.0. The lowest BCUT2D eigenvalue weighted by Gasteiger charge is -2.24. The molecule has 0 unspecified atom stereocenters. The highest BCUT2D eigenvalue weighted by Crippen LogP contribution is 2.31. The Kier molecular flexibility index (Phi) is 7.93. The van der Waals surface area contributed by atoms with Gasteiger partial charge in [0.15, 0.2) is 0 Å². The topological polar surface area (TPSA) is 79.4 Å². The average Bonchev–Trinajstić information content (AvgIpc) is 2.77. The lowest BCUT2D eigenvalue weighted by Crippen LogP contribution is -2.30. The highest BCUT2D eigenvalue weighted by atomic mass is 35.5. The number of carbonyl (C=O) groups excluding carboxylic acids is 1. The fraction of sp³-hybridized carbons (Fsp3) is 0.182. The number of hydrogen-bond donors (Lipinski definition) is 1. The van der Waals surface area contributed by atoms with Crippen LogP contribution in [0.3, 0.4) is 0 Å². The zero-order valence-corrected chi connectivity index (χ0v) is 20.2. The minimum atomic E-state index is -4.58. The van der Waals surface area contributed by atoms with E-state index in [0.717, 1.165) is 41.0 Å². The number of anilines is 1. The molecule has 1 amide bonds. The number of pyridine rings is 1. The van der Waals surface area contributed by atoms with E-state index in [1.165, 1.54) is 12.1 Å². The summed E-state index contributed by atoms with van der Waals surface area (Å²) >= 11 is 12.1. The van der Waals surface area contributed by atoms with Gasteiger partial charge in [0.2, 0.25) is 10.0 Å². The van der Waals surface area contributed by atoms with Crippen LogP contribution in [0.4, 0.5) is 23.2 Å². The van der Waals surface area contributed by atoms with E-state index in [1.807, 2.05) is 0 Å². The van der Waals surface area contributed by atoms with Gasteiger partial charge in [0, 0.05) is 18.3 Å². The molecule has 13 heteroatoms. The third kappa shape index (κ3) is 6.62. The normalized spacial score (nSPS) is 11.9. The van der Waals surface area contributed by atoms with Crippen LogP contribution in [0.15, 0.2) is 54.7 Å². The second-order valence-corrected chi connectivity index (χ2v) is 10.1. The summed E-state index contributed by atoms with van der Waals surface area (Å²) < 4.78 is 78.3. The van der Waals surface area contributed by atoms with Gasteiger partial charge >= 0.3 is 6.18 Å². The molecule has 0 atom stereocenters. The van der Waals surface area contributed by atoms with Crippen molar-refractivity contribution in [2.24, 2.45) is 0 Å². The molecule has 0 fully saturated rings. The van der Waals surface area contributed by atoms with Crippen LogP contribution in [0, 0.1) is 5.82 Å². The fourth-order valence-corrected chi connectivity index (χ4v) is 4.30. The zero-order valence-electron chi connectivity index (χ0n) is 17.9. The molecule has 1 aromatic heterocycles. The Bertz CT molecular complexity index is 1350. The van der Waals surface area contributed by atoms with Gasteiger partial charge in [-0.05, 0) is 41.5 Å². The molecule has 2 aromatic carbocycles. The number of nitrogens with zero attached hydrogens (tertiary/aromatic N) is 2. The molecule has 0 radical (unpaired) electrons. The maximum Gasteiger partial charge on any atom is 0.433 e. The number of amides is 1. The molecule has 6 nitrogen and oxygen atoms in total. The molecular formula is C22H17Cl2F4N3O3S. The van der Waals surface area contributed by atoms with Crippen LogP contribution in [0.1, 0.15) is 27.2 Å². The first-order valence-electron chi connectivity index (χ1n) is 9.78. The highest BCUT2D eigenvalue weighted by Gasteiger charge is 2.32. The Morgan fingerprint density at radius 2 is 1.83 bits per heavy atom. The Labute approximate surface area is 208 Å². The third-order valence-electron chi connectivity index (χ3n) is 4.79. The summed E-state index contributed by atoms with van der Waals surface area (Å²) in [5.41, 5.74) is -0.867. The van der Waals surface area contributed by atoms with Crippen molar-refractivity contribution in [2.45, 2.75) is 19.3 Å². The van der Waals surface area contributed by atoms with Gasteiger partial charge in [-0.1, -0.05) is 41.4 Å². The van der Waals surface area contributed by atoms with Gasteiger partial charge in [-0.25, -0.2) is 12.8 Å². The Morgan fingerprint density at radius 1 is 1.11 bits per heavy atom. The number of hydrogen-bond acceptors (Lipinski definition) is 4. The third-order valence-corrected chi connectivity index (χ3v) is 6.78. The smallest absolute Gasteiger partial charge is 0.348 e. The number of carbonyl (C=O) groups is 1. The van der Waals surface area contributed by atoms with Gasteiger partial charge in [-0.15, -0.1) is 0 Å². The van der Waals surface area contributed by atoms with Crippen LogP contribution in [0.5, 0.6) is 0 Å². The molecule has 3 rings (SSSR count). The maximum absolute atomic E-state index is 14.9. The van der Waals surface area contributed by atoms with Gasteiger partial charge in [-0.2, -0.15) is 13.2 Å². The predicted molar refractivity (Wildman–Crippen MR) is 124 cm³/mol. The molecule has 1 N–H and O–H groups in total. The van der Waals surface area contributed by atoms with Crippen LogP contribution in [0.25, 0.3) is 0 Å². The van der Waals surface area contributed by atoms with Crippen molar-refractivity contribution in [3.63, 3.8) is 0 Å². The molecule has 0 saturated carbocycles. The van der Waals surface area contributed by atoms with Crippen molar-refractivity contribution < 1.29 is 30.8 Å². The molecular weight excluding hydrogens is 533 g/mol. The van der Waals surface area contributed by atoms with E-state index < -0.39 is 33.6 Å². The number of sulfonamides is 1. The average molecular weight is 550 g/mol. The van der Waals surface area contributed by atoms with E-state index in [4.69, 9.17) is 23.2 Å². The summed E-state index contributed by atoms with van der Waals surface area (Å²) in [5, 5.41) is 2.77. The van der Waals surface area contributed by atoms with Gasteiger partial charge < -0.3 is 5.32 Å². The van der Waals surface area contributed by atoms with Crippen LogP contribution in [-0.2, 0) is 29.3 Å². The second kappa shape index (κ2) is 10.4. The summed E-state index contributed by atoms with van der Waals surface area (Å²) in [6.45, 7) is -0.461. The van der Waals surface area contributed by atoms with Gasteiger partial charge in [-0.3, -0.25) is 14.1 Å². The minimum absolute atomic E-state index is 0.122. The lowest BCUT2D eigenvalue weighted by atomic mass is 10.1. The van der Waals surface area contributed by atoms with Crippen LogP contribution < -0.4 is 9.62 Å². The lowest BCUT2D eigenvalue weighted by molar-refractivity contribution is -0.141. The fourth-order valence-electron chi connectivity index (χ4n) is 3.04. The van der Waals surface area contributed by atoms with E-state index in [0.29, 0.717) is 11.1 Å². The molecule has 0 spiro atoms. The van der Waals surface area contributed by atoms with Crippen molar-refractivity contribution in [1.82, 2.24) is 10.3 Å². The summed E-state index contributed by atoms with van der Waals surface area (Å²) in [7, 11) is -3.96. The number of alkyl halides is 3. The number of benzene rings is 2. The maximum atomic E-state index is 14.9. The number of rotatable bonds is 7. The molecule has 0 aliphatic heterocycles. The number of nitrogens with one attached hydrogen (secondary N) is 1. The molecule has 0 bridgehead atoms. The van der Waals surface area contributed by atoms with Gasteiger partial charge in [0.1, 0.15) is 11.5 Å². The summed E-state index contributed by atoms with van der Waals surface area (Å²) in [5.74, 6) is -1.71. The van der Waals surface area contributed by atoms with Crippen molar-refractivity contribution in [2.75, 3.05) is 10.6 Å². The van der Waals surface area contributed by atoms with Gasteiger partial charge in [0.05, 0.1) is 28.5 Å². The first kappa shape index (κ1) is 26.7. The number of halogens is 6. The summed E-state index contributed by atoms with van der Waals surface area (Å²) in [6.07, 6.45) is -2.72. The second-order valence-electron chi connectivity index (χ2n) is 7.38. The largest absolute Gasteiger partial charge is 0.433 e. The van der Waals surface area contributed by atoms with Crippen molar-refractivity contribution in [3.8, 4) is 0 Å². The Morgan fingerprint density at radius 3 is 2.40 bits per heavy atom. The van der Waals surface area contributed by atoms with E-state index in [9.17, 15) is 30.8 Å². The Hall–Kier alpha value is -2.89. The summed E-state index contributed by atoms with van der Waals surface area (Å²) in [6, 6.07) is 9.77. The molecule has 35 heavy (non-hydrogen) atoms. The quantitative estimate of drug-likeness (QED) is 0.398. The summed E-state index contributed by atoms with van der Waals surface area (Å²) in [4.78, 5) is 15.7. The van der Waals surface area contributed by atoms with Gasteiger partial charge in [0.25, 0.3) is 5.91 Å². The number of aromatic nitrogens is 1. The molecule has 1 heterocycles. The van der Waals surface area contributed by atoms with Crippen LogP contribution >= 0.6 is 23.2 Å². The van der Waals surface area contributed by atoms with Crippen LogP contribution in [-0.4, -0.2) is 25.6 Å². The van der Waals surface area contributed by atoms with Crippen molar-refractivity contribution in [1.29, 1.82) is 0 Å². The molecule has 0 aliphatic rings. The first-order chi connectivity index (χ1) is 16.3. The van der Waals surface area contributed by atoms with Crippen LogP contribution in [0.2, 0.25) is 10.0 Å². The predicted octanol–water partition coefficient (Wildman–Crippen LogP) is 5.44. The minimum Gasteiger partial charge on any atom is -0.348 e. The van der Waals surface area contributed by atoms with E-state index in [2.05, 4.69) is 10.3 Å². The van der Waals surface area contributed by atoms with E-state index >= 15 is 0 Å². The molecule has 0 aliphatic carbocycles. The van der Waals surface area contributed by atoms with Crippen molar-refractivity contribution >= 4 is 44.8 Å². The Balaban J connectivity index is 1.78. The standard InChI is InChI=1S/C22H17Cl2F4N3O3S/c1-35(33,34)31(12-15-3-2-4-16(23)20(15)24)18-7-6-14(9-17(18)25)21(32)30-11-13-5-8-19(29-10-13)22(26,27)28/h2-10H,11-12H2,1H3,(H,30,32). The highest BCUT2D eigenvalue weighted by molar-refractivity contribution is 7.92.